The van der Waals surface area contributed by atoms with Crippen molar-refractivity contribution in [2.45, 2.75) is 18.5 Å². The predicted octanol–water partition coefficient (Wildman–Crippen LogP) is 4.06. The summed E-state index contributed by atoms with van der Waals surface area (Å²) in [5, 5.41) is 7.67. The Balaban J connectivity index is 1.67. The normalized spacial score (nSPS) is 12.7. The fraction of sp³-hybridized carbons (Fsp3) is 0.250. The molecule has 0 aliphatic carbocycles. The molecular formula is C24H28N4O3S. The highest BCUT2D eigenvalue weighted by Gasteiger charge is 2.21. The van der Waals surface area contributed by atoms with E-state index >= 15 is 0 Å². The summed E-state index contributed by atoms with van der Waals surface area (Å²) < 4.78 is 5.88. The van der Waals surface area contributed by atoms with Crippen molar-refractivity contribution in [3.8, 4) is 11.5 Å². The van der Waals surface area contributed by atoms with E-state index in [1.807, 2.05) is 74.1 Å². The van der Waals surface area contributed by atoms with Gasteiger partial charge in [0.05, 0.1) is 18.5 Å². The summed E-state index contributed by atoms with van der Waals surface area (Å²) in [6.07, 6.45) is 0.0579. The Hall–Kier alpha value is -3.36. The van der Waals surface area contributed by atoms with E-state index in [1.165, 1.54) is 4.88 Å². The van der Waals surface area contributed by atoms with E-state index < -0.39 is 12.1 Å². The number of nitrogens with one attached hydrogen (secondary N) is 2. The number of likely N-dealkylation sites (N-methyl/N-ethyl adjacent to an activating group) is 1. The third-order valence-corrected chi connectivity index (χ3v) is 5.91. The molecule has 8 heteroatoms. The second-order valence-corrected chi connectivity index (χ2v) is 8.53. The summed E-state index contributed by atoms with van der Waals surface area (Å²) in [5.41, 5.74) is 6.11. The van der Waals surface area contributed by atoms with Crippen LogP contribution in [-0.4, -0.2) is 37.5 Å². The minimum absolute atomic E-state index is 0.0579. The van der Waals surface area contributed by atoms with E-state index in [9.17, 15) is 9.59 Å². The van der Waals surface area contributed by atoms with Crippen molar-refractivity contribution in [3.05, 3.63) is 82.6 Å². The lowest BCUT2D eigenvalue weighted by Crippen LogP contribution is -2.38. The molecule has 3 rings (SSSR count). The molecule has 3 amide bonds. The quantitative estimate of drug-likeness (QED) is 0.432. The van der Waals surface area contributed by atoms with Gasteiger partial charge in [0.2, 0.25) is 5.91 Å². The summed E-state index contributed by atoms with van der Waals surface area (Å²) in [6, 6.07) is 19.5. The smallest absolute Gasteiger partial charge is 0.312 e. The highest BCUT2D eigenvalue weighted by Crippen LogP contribution is 2.26. The van der Waals surface area contributed by atoms with Gasteiger partial charge in [0, 0.05) is 11.4 Å². The zero-order valence-corrected chi connectivity index (χ0v) is 19.0. The minimum Gasteiger partial charge on any atom is -0.457 e. The van der Waals surface area contributed by atoms with Crippen molar-refractivity contribution in [2.75, 3.05) is 20.6 Å². The van der Waals surface area contributed by atoms with Gasteiger partial charge in [-0.05, 0) is 55.4 Å². The van der Waals surface area contributed by atoms with Gasteiger partial charge in [0.1, 0.15) is 11.5 Å². The van der Waals surface area contributed by atoms with Gasteiger partial charge in [-0.3, -0.25) is 4.79 Å². The number of hydrogen-bond acceptors (Lipinski definition) is 5. The third kappa shape index (κ3) is 6.83. The van der Waals surface area contributed by atoms with E-state index in [0.29, 0.717) is 18.0 Å². The number of carbonyl (C=O) groups excluding carboxylic acids is 2. The number of urea groups is 1. The first-order valence-electron chi connectivity index (χ1n) is 10.3. The summed E-state index contributed by atoms with van der Waals surface area (Å²) in [5.74, 6) is 1.13. The first-order valence-corrected chi connectivity index (χ1v) is 11.2. The highest BCUT2D eigenvalue weighted by atomic mass is 32.1. The number of benzene rings is 2. The molecular weight excluding hydrogens is 424 g/mol. The highest BCUT2D eigenvalue weighted by molar-refractivity contribution is 7.10. The number of nitrogens with two attached hydrogens (primary N) is 1. The van der Waals surface area contributed by atoms with E-state index in [2.05, 4.69) is 21.6 Å². The maximum absolute atomic E-state index is 12.7. The van der Waals surface area contributed by atoms with Crippen LogP contribution in [0.5, 0.6) is 11.5 Å². The number of amides is 3. The molecule has 32 heavy (non-hydrogen) atoms. The van der Waals surface area contributed by atoms with E-state index in [4.69, 9.17) is 10.5 Å². The number of primary amides is 1. The Bertz CT molecular complexity index is 1010. The number of ether oxygens (including phenoxy) is 1. The number of thiophene rings is 1. The molecule has 0 aliphatic heterocycles. The molecule has 2 unspecified atom stereocenters. The summed E-state index contributed by atoms with van der Waals surface area (Å²) >= 11 is 1.65. The molecule has 0 aliphatic rings. The molecule has 0 radical (unpaired) electrons. The molecule has 2 aromatic carbocycles. The third-order valence-electron chi connectivity index (χ3n) is 4.93. The van der Waals surface area contributed by atoms with Crippen molar-refractivity contribution in [1.82, 2.24) is 15.5 Å². The molecule has 0 bridgehead atoms. The fourth-order valence-corrected chi connectivity index (χ4v) is 4.25. The van der Waals surface area contributed by atoms with Crippen LogP contribution in [0.25, 0.3) is 0 Å². The van der Waals surface area contributed by atoms with Gasteiger partial charge in [-0.25, -0.2) is 4.79 Å². The lowest BCUT2D eigenvalue weighted by molar-refractivity contribution is -0.121. The number of rotatable bonds is 10. The number of nitrogens with zero attached hydrogens (tertiary/aromatic N) is 1. The molecule has 2 atom stereocenters. The van der Waals surface area contributed by atoms with Crippen molar-refractivity contribution < 1.29 is 14.3 Å². The Kier molecular flexibility index (Phi) is 8.24. The molecule has 0 saturated carbocycles. The van der Waals surface area contributed by atoms with E-state index in [-0.39, 0.29) is 18.4 Å². The topological polar surface area (TPSA) is 96.7 Å². The van der Waals surface area contributed by atoms with Crippen molar-refractivity contribution in [2.24, 2.45) is 5.73 Å². The average Bonchev–Trinajstić information content (AvgIpc) is 3.28. The average molecular weight is 453 g/mol. The van der Waals surface area contributed by atoms with Crippen LogP contribution in [0.15, 0.2) is 72.1 Å². The molecule has 168 valence electrons. The van der Waals surface area contributed by atoms with Crippen molar-refractivity contribution in [1.29, 1.82) is 0 Å². The maximum atomic E-state index is 12.7. The lowest BCUT2D eigenvalue weighted by Gasteiger charge is -2.24. The number of hydrogen-bond donors (Lipinski definition) is 3. The van der Waals surface area contributed by atoms with Crippen LogP contribution in [0.1, 0.15) is 28.9 Å². The first kappa shape index (κ1) is 23.3. The molecule has 0 saturated heterocycles. The van der Waals surface area contributed by atoms with Crippen LogP contribution in [0.2, 0.25) is 0 Å². The number of carbonyl (C=O) groups is 2. The molecule has 1 aromatic heterocycles. The molecule has 0 spiro atoms. The van der Waals surface area contributed by atoms with Gasteiger partial charge in [-0.2, -0.15) is 0 Å². The zero-order valence-electron chi connectivity index (χ0n) is 18.2. The second kappa shape index (κ2) is 11.3. The van der Waals surface area contributed by atoms with Crippen LogP contribution in [0.4, 0.5) is 4.79 Å². The van der Waals surface area contributed by atoms with Gasteiger partial charge < -0.3 is 26.0 Å². The van der Waals surface area contributed by atoms with Gasteiger partial charge in [0.15, 0.2) is 0 Å². The predicted molar refractivity (Wildman–Crippen MR) is 127 cm³/mol. The van der Waals surface area contributed by atoms with Crippen LogP contribution < -0.4 is 21.1 Å². The van der Waals surface area contributed by atoms with Gasteiger partial charge in [-0.1, -0.05) is 36.4 Å². The van der Waals surface area contributed by atoms with Crippen molar-refractivity contribution in [3.63, 3.8) is 0 Å². The van der Waals surface area contributed by atoms with Crippen LogP contribution in [0.3, 0.4) is 0 Å². The molecule has 4 N–H and O–H groups in total. The molecule has 7 nitrogen and oxygen atoms in total. The second-order valence-electron chi connectivity index (χ2n) is 7.55. The maximum Gasteiger partial charge on any atom is 0.312 e. The summed E-state index contributed by atoms with van der Waals surface area (Å²) in [6.45, 7) is 0.465. The van der Waals surface area contributed by atoms with Crippen LogP contribution in [0, 0.1) is 0 Å². The zero-order chi connectivity index (χ0) is 22.9. The summed E-state index contributed by atoms with van der Waals surface area (Å²) in [4.78, 5) is 27.6. The Morgan fingerprint density at radius 2 is 1.78 bits per heavy atom. The Morgan fingerprint density at radius 1 is 1.03 bits per heavy atom. The molecule has 3 aromatic rings. The van der Waals surface area contributed by atoms with Crippen LogP contribution >= 0.6 is 11.3 Å². The van der Waals surface area contributed by atoms with E-state index in [1.54, 1.807) is 17.4 Å². The fourth-order valence-electron chi connectivity index (χ4n) is 3.33. The minimum atomic E-state index is -0.693. The number of para-hydroxylation sites is 1. The first-order chi connectivity index (χ1) is 15.4. The standard InChI is InChI=1S/C24H28N4O3S/c1-28(2)21(22-12-7-13-32-22)16-26-23(29)15-20(27-24(25)30)17-8-6-11-19(14-17)31-18-9-4-3-5-10-18/h3-14,20-21H,15-16H2,1-2H3,(H,26,29)(H3,25,27,30). The van der Waals surface area contributed by atoms with Gasteiger partial charge >= 0.3 is 6.03 Å². The molecule has 1 heterocycles. The Labute approximate surface area is 192 Å². The van der Waals surface area contributed by atoms with Crippen molar-refractivity contribution >= 4 is 23.3 Å². The largest absolute Gasteiger partial charge is 0.457 e. The monoisotopic (exact) mass is 452 g/mol. The SMILES string of the molecule is CN(C)C(CNC(=O)CC(NC(N)=O)c1cccc(Oc2ccccc2)c1)c1cccs1. The van der Waals surface area contributed by atoms with Gasteiger partial charge in [0.25, 0.3) is 0 Å². The molecule has 0 fully saturated rings. The van der Waals surface area contributed by atoms with E-state index in [0.717, 1.165) is 5.56 Å². The van der Waals surface area contributed by atoms with Crippen LogP contribution in [-0.2, 0) is 4.79 Å². The van der Waals surface area contributed by atoms with Gasteiger partial charge in [-0.15, -0.1) is 11.3 Å². The lowest BCUT2D eigenvalue weighted by atomic mass is 10.0. The Morgan fingerprint density at radius 3 is 2.44 bits per heavy atom. The summed E-state index contributed by atoms with van der Waals surface area (Å²) in [7, 11) is 3.96.